The number of rotatable bonds is 4. The Morgan fingerprint density at radius 1 is 1.44 bits per heavy atom. The molecule has 0 amide bonds. The Morgan fingerprint density at radius 2 is 2.25 bits per heavy atom. The molecule has 82 valence electrons. The highest BCUT2D eigenvalue weighted by Crippen LogP contribution is 2.17. The second-order valence-corrected chi connectivity index (χ2v) is 3.57. The van der Waals surface area contributed by atoms with E-state index in [1.165, 1.54) is 6.07 Å². The number of aromatic nitrogens is 2. The first-order valence-electron chi connectivity index (χ1n) is 4.66. The molecule has 0 radical (unpaired) electrons. The zero-order chi connectivity index (χ0) is 11.4. The fourth-order valence-electron chi connectivity index (χ4n) is 1.22. The highest BCUT2D eigenvalue weighted by atomic mass is 35.5. The van der Waals surface area contributed by atoms with Crippen LogP contribution in [0.25, 0.3) is 0 Å². The molecule has 0 atom stereocenters. The molecule has 0 saturated carbocycles. The van der Waals surface area contributed by atoms with E-state index in [0.717, 1.165) is 5.56 Å². The van der Waals surface area contributed by atoms with Crippen LogP contribution in [0, 0.1) is 0 Å². The van der Waals surface area contributed by atoms with Gasteiger partial charge in [0.1, 0.15) is 12.3 Å². The van der Waals surface area contributed by atoms with Gasteiger partial charge in [-0.1, -0.05) is 29.8 Å². The molecule has 0 spiro atoms. The van der Waals surface area contributed by atoms with E-state index >= 15 is 0 Å². The van der Waals surface area contributed by atoms with Crippen molar-refractivity contribution < 1.29 is 9.53 Å². The van der Waals surface area contributed by atoms with Crippen LogP contribution in [-0.4, -0.2) is 16.5 Å². The van der Waals surface area contributed by atoms with E-state index in [1.807, 2.05) is 18.2 Å². The molecule has 2 aromatic rings. The Balaban J connectivity index is 2.02. The third-order valence-electron chi connectivity index (χ3n) is 2.03. The van der Waals surface area contributed by atoms with E-state index in [-0.39, 0.29) is 0 Å². The van der Waals surface area contributed by atoms with Crippen LogP contribution >= 0.6 is 11.6 Å². The summed E-state index contributed by atoms with van der Waals surface area (Å²) in [6.45, 7) is 0.322. The van der Waals surface area contributed by atoms with Crippen LogP contribution in [0.3, 0.4) is 0 Å². The van der Waals surface area contributed by atoms with Gasteiger partial charge >= 0.3 is 0 Å². The van der Waals surface area contributed by atoms with Gasteiger partial charge in [0.15, 0.2) is 6.29 Å². The molecule has 0 fully saturated rings. The number of aldehydes is 1. The minimum absolute atomic E-state index is 0.322. The highest BCUT2D eigenvalue weighted by Gasteiger charge is 2.03. The first-order chi connectivity index (χ1) is 7.79. The summed E-state index contributed by atoms with van der Waals surface area (Å²) >= 11 is 5.96. The number of hydrogen-bond acceptors (Lipinski definition) is 3. The summed E-state index contributed by atoms with van der Waals surface area (Å²) < 4.78 is 5.37. The Bertz CT molecular complexity index is 496. The van der Waals surface area contributed by atoms with Crippen LogP contribution in [-0.2, 0) is 6.61 Å². The van der Waals surface area contributed by atoms with E-state index in [2.05, 4.69) is 10.2 Å². The quantitative estimate of drug-likeness (QED) is 0.830. The van der Waals surface area contributed by atoms with Gasteiger partial charge in [-0.15, -0.1) is 5.10 Å². The molecule has 0 aliphatic heterocycles. The van der Waals surface area contributed by atoms with E-state index < -0.39 is 0 Å². The first kappa shape index (κ1) is 10.7. The fourth-order valence-corrected chi connectivity index (χ4v) is 1.41. The predicted molar refractivity (Wildman–Crippen MR) is 59.8 cm³/mol. The van der Waals surface area contributed by atoms with Crippen LogP contribution in [0.2, 0.25) is 5.02 Å². The molecule has 0 aliphatic rings. The lowest BCUT2D eigenvalue weighted by atomic mass is 10.2. The Labute approximate surface area is 97.2 Å². The largest absolute Gasteiger partial charge is 0.472 e. The van der Waals surface area contributed by atoms with Crippen LogP contribution < -0.4 is 4.74 Å². The van der Waals surface area contributed by atoms with Crippen molar-refractivity contribution in [1.82, 2.24) is 10.2 Å². The Kier molecular flexibility index (Phi) is 3.22. The number of nitrogens with zero attached hydrogens (tertiary/aromatic N) is 1. The number of carbonyl (C=O) groups is 1. The van der Waals surface area contributed by atoms with Crippen molar-refractivity contribution in [2.45, 2.75) is 6.61 Å². The molecule has 2 rings (SSSR count). The highest BCUT2D eigenvalue weighted by molar-refractivity contribution is 6.31. The fraction of sp³-hybridized carbons (Fsp3) is 0.0909. The number of hydrogen-bond donors (Lipinski definition) is 1. The first-order valence-corrected chi connectivity index (χ1v) is 5.04. The van der Waals surface area contributed by atoms with Gasteiger partial charge < -0.3 is 4.74 Å². The average molecular weight is 237 g/mol. The second kappa shape index (κ2) is 4.81. The van der Waals surface area contributed by atoms with Crippen molar-refractivity contribution >= 4 is 17.9 Å². The molecule has 4 nitrogen and oxygen atoms in total. The molecule has 0 saturated heterocycles. The van der Waals surface area contributed by atoms with Crippen molar-refractivity contribution in [2.24, 2.45) is 0 Å². The number of benzene rings is 1. The van der Waals surface area contributed by atoms with Crippen molar-refractivity contribution in [3.8, 4) is 5.88 Å². The van der Waals surface area contributed by atoms with Crippen molar-refractivity contribution in [1.29, 1.82) is 0 Å². The molecular formula is C11H9ClN2O2. The van der Waals surface area contributed by atoms with Gasteiger partial charge in [0.05, 0.1) is 0 Å². The zero-order valence-electron chi connectivity index (χ0n) is 8.31. The van der Waals surface area contributed by atoms with E-state index in [1.54, 1.807) is 6.07 Å². The number of halogens is 1. The lowest BCUT2D eigenvalue weighted by Crippen LogP contribution is -1.96. The molecule has 0 unspecified atom stereocenters. The van der Waals surface area contributed by atoms with Crippen molar-refractivity contribution in [2.75, 3.05) is 0 Å². The van der Waals surface area contributed by atoms with Crippen LogP contribution in [0.15, 0.2) is 30.3 Å². The number of aromatic amines is 1. The number of ether oxygens (including phenoxy) is 1. The van der Waals surface area contributed by atoms with Gasteiger partial charge in [-0.3, -0.25) is 9.89 Å². The maximum Gasteiger partial charge on any atom is 0.233 e. The second-order valence-electron chi connectivity index (χ2n) is 3.16. The minimum atomic E-state index is 0.322. The third kappa shape index (κ3) is 2.41. The minimum Gasteiger partial charge on any atom is -0.472 e. The molecule has 1 aromatic carbocycles. The summed E-state index contributed by atoms with van der Waals surface area (Å²) in [5.41, 5.74) is 1.26. The maximum absolute atomic E-state index is 10.4. The van der Waals surface area contributed by atoms with Crippen molar-refractivity contribution in [3.63, 3.8) is 0 Å². The molecule has 5 heteroatoms. The van der Waals surface area contributed by atoms with E-state index in [4.69, 9.17) is 16.3 Å². The van der Waals surface area contributed by atoms with Gasteiger partial charge in [-0.2, -0.15) is 0 Å². The van der Waals surface area contributed by atoms with Crippen LogP contribution in [0.1, 0.15) is 16.1 Å². The Morgan fingerprint density at radius 3 is 2.94 bits per heavy atom. The van der Waals surface area contributed by atoms with Gasteiger partial charge in [0, 0.05) is 16.7 Å². The summed E-state index contributed by atoms with van der Waals surface area (Å²) in [6, 6.07) is 8.93. The summed E-state index contributed by atoms with van der Waals surface area (Å²) in [6.07, 6.45) is 0.676. The smallest absolute Gasteiger partial charge is 0.233 e. The van der Waals surface area contributed by atoms with Gasteiger partial charge in [0.25, 0.3) is 0 Å². The zero-order valence-corrected chi connectivity index (χ0v) is 9.07. The van der Waals surface area contributed by atoms with Crippen LogP contribution in [0.5, 0.6) is 5.88 Å². The molecule has 1 N–H and O–H groups in total. The third-order valence-corrected chi connectivity index (χ3v) is 2.40. The average Bonchev–Trinajstić information content (AvgIpc) is 2.76. The number of carbonyl (C=O) groups excluding carboxylic acids is 1. The Hall–Kier alpha value is -1.81. The van der Waals surface area contributed by atoms with Gasteiger partial charge in [0.2, 0.25) is 5.88 Å². The summed E-state index contributed by atoms with van der Waals surface area (Å²) in [5, 5.41) is 6.99. The molecule has 16 heavy (non-hydrogen) atoms. The van der Waals surface area contributed by atoms with E-state index in [0.29, 0.717) is 29.5 Å². The SMILES string of the molecule is O=Cc1cc(OCc2ccccc2Cl)n[nH]1. The topological polar surface area (TPSA) is 55.0 Å². The lowest BCUT2D eigenvalue weighted by molar-refractivity contribution is 0.111. The monoisotopic (exact) mass is 236 g/mol. The predicted octanol–water partition coefficient (Wildman–Crippen LogP) is 2.45. The van der Waals surface area contributed by atoms with Crippen molar-refractivity contribution in [3.05, 3.63) is 46.6 Å². The van der Waals surface area contributed by atoms with Gasteiger partial charge in [-0.05, 0) is 6.07 Å². The van der Waals surface area contributed by atoms with Crippen LogP contribution in [0.4, 0.5) is 0 Å². The maximum atomic E-state index is 10.4. The summed E-state index contributed by atoms with van der Waals surface area (Å²) in [5.74, 6) is 0.377. The molecular weight excluding hydrogens is 228 g/mol. The van der Waals surface area contributed by atoms with Gasteiger partial charge in [-0.25, -0.2) is 0 Å². The molecule has 0 bridgehead atoms. The summed E-state index contributed by atoms with van der Waals surface area (Å²) in [4.78, 5) is 10.4. The molecule has 1 heterocycles. The summed E-state index contributed by atoms with van der Waals surface area (Å²) in [7, 11) is 0. The number of nitrogens with one attached hydrogen (secondary N) is 1. The molecule has 0 aliphatic carbocycles. The lowest BCUT2D eigenvalue weighted by Gasteiger charge is -2.03. The normalized spacial score (nSPS) is 10.1. The number of H-pyrrole nitrogens is 1. The van der Waals surface area contributed by atoms with E-state index in [9.17, 15) is 4.79 Å². The standard InChI is InChI=1S/C11H9ClN2O2/c12-10-4-2-1-3-8(10)7-16-11-5-9(6-15)13-14-11/h1-6H,7H2,(H,13,14). The molecule has 1 aromatic heterocycles.